The molecule has 2 aromatic heterocycles. The van der Waals surface area contributed by atoms with E-state index in [1.165, 1.54) is 6.26 Å². The standard InChI is InChI=1S/C25H18BrClN6O3/c26-18-4-1-3-17(11-18)23-25(14-28,15-29)21(19-5-2-10-36-19)22(33(34)35)24-31(8-9-32(23)24)13-16-6-7-20(27)30-12-16/h1-7,10-12,21,23H,8-9,13H2. The first kappa shape index (κ1) is 23.9. The van der Waals surface area contributed by atoms with E-state index in [1.54, 1.807) is 24.4 Å². The minimum Gasteiger partial charge on any atom is -0.468 e. The summed E-state index contributed by atoms with van der Waals surface area (Å²) in [4.78, 5) is 20.0. The van der Waals surface area contributed by atoms with Crippen molar-refractivity contribution in [3.05, 3.63) is 109 Å². The van der Waals surface area contributed by atoms with Crippen LogP contribution in [0.15, 0.2) is 81.4 Å². The molecule has 4 heterocycles. The maximum absolute atomic E-state index is 12.7. The number of nitrogens with zero attached hydrogens (tertiary/aromatic N) is 6. The zero-order chi connectivity index (χ0) is 25.4. The van der Waals surface area contributed by atoms with Gasteiger partial charge in [0.05, 0.1) is 29.4 Å². The second kappa shape index (κ2) is 9.30. The third-order valence-corrected chi connectivity index (χ3v) is 7.32. The van der Waals surface area contributed by atoms with Gasteiger partial charge in [-0.05, 0) is 41.5 Å². The van der Waals surface area contributed by atoms with Crippen LogP contribution in [-0.4, -0.2) is 32.8 Å². The number of nitriles is 2. The average Bonchev–Trinajstić information content (AvgIpc) is 3.54. The van der Waals surface area contributed by atoms with Gasteiger partial charge in [-0.15, -0.1) is 0 Å². The van der Waals surface area contributed by atoms with Crippen LogP contribution in [0.4, 0.5) is 0 Å². The number of hydrogen-bond acceptors (Lipinski definition) is 8. The zero-order valence-corrected chi connectivity index (χ0v) is 21.1. The Labute approximate surface area is 220 Å². The molecule has 1 aromatic carbocycles. The van der Waals surface area contributed by atoms with E-state index in [-0.39, 0.29) is 11.5 Å². The third-order valence-electron chi connectivity index (χ3n) is 6.60. The Bertz CT molecular complexity index is 1410. The molecule has 2 aliphatic heterocycles. The molecule has 0 spiro atoms. The Balaban J connectivity index is 1.76. The van der Waals surface area contributed by atoms with Gasteiger partial charge in [0.2, 0.25) is 0 Å². The van der Waals surface area contributed by atoms with Gasteiger partial charge in [-0.2, -0.15) is 10.5 Å². The molecule has 2 aliphatic rings. The molecule has 1 saturated heterocycles. The molecule has 2 unspecified atom stereocenters. The summed E-state index contributed by atoms with van der Waals surface area (Å²) in [6.45, 7) is 1.19. The fourth-order valence-electron chi connectivity index (χ4n) is 5.20. The number of furan rings is 1. The smallest absolute Gasteiger partial charge is 0.299 e. The van der Waals surface area contributed by atoms with E-state index in [0.717, 1.165) is 10.0 Å². The number of benzene rings is 1. The summed E-state index contributed by atoms with van der Waals surface area (Å²) in [7, 11) is 0. The molecule has 0 amide bonds. The van der Waals surface area contributed by atoms with Crippen LogP contribution in [0.5, 0.6) is 0 Å². The van der Waals surface area contributed by atoms with Crippen molar-refractivity contribution in [3.63, 3.8) is 0 Å². The summed E-state index contributed by atoms with van der Waals surface area (Å²) >= 11 is 9.42. The second-order valence-corrected chi connectivity index (χ2v) is 9.87. The molecule has 5 rings (SSSR count). The summed E-state index contributed by atoms with van der Waals surface area (Å²) in [5, 5.41) is 34.1. The molecular weight excluding hydrogens is 548 g/mol. The van der Waals surface area contributed by atoms with Crippen molar-refractivity contribution < 1.29 is 9.34 Å². The fraction of sp³-hybridized carbons (Fsp3) is 0.240. The number of rotatable bonds is 5. The summed E-state index contributed by atoms with van der Waals surface area (Å²) in [5.74, 6) is -0.670. The van der Waals surface area contributed by atoms with Crippen LogP contribution in [0.25, 0.3) is 0 Å². The van der Waals surface area contributed by atoms with Crippen LogP contribution in [0, 0.1) is 38.2 Å². The van der Waals surface area contributed by atoms with Gasteiger partial charge in [0.15, 0.2) is 11.2 Å². The maximum Gasteiger partial charge on any atom is 0.299 e. The van der Waals surface area contributed by atoms with Gasteiger partial charge >= 0.3 is 0 Å². The van der Waals surface area contributed by atoms with E-state index in [0.29, 0.717) is 36.2 Å². The van der Waals surface area contributed by atoms with Crippen molar-refractivity contribution in [1.29, 1.82) is 10.5 Å². The minimum atomic E-state index is -1.83. The number of halogens is 2. The Morgan fingerprint density at radius 2 is 2.03 bits per heavy atom. The van der Waals surface area contributed by atoms with Crippen LogP contribution in [0.2, 0.25) is 5.15 Å². The third kappa shape index (κ3) is 3.79. The van der Waals surface area contributed by atoms with E-state index in [2.05, 4.69) is 33.1 Å². The molecule has 0 bridgehead atoms. The molecule has 0 aliphatic carbocycles. The first-order chi connectivity index (χ1) is 17.4. The number of allylic oxidation sites excluding steroid dienone is 1. The zero-order valence-electron chi connectivity index (χ0n) is 18.7. The topological polar surface area (TPSA) is 123 Å². The highest BCUT2D eigenvalue weighted by Crippen LogP contribution is 2.58. The van der Waals surface area contributed by atoms with Gasteiger partial charge in [-0.25, -0.2) is 4.98 Å². The molecule has 0 saturated carbocycles. The predicted molar refractivity (Wildman–Crippen MR) is 132 cm³/mol. The highest BCUT2D eigenvalue weighted by Gasteiger charge is 2.63. The second-order valence-electron chi connectivity index (χ2n) is 8.57. The predicted octanol–water partition coefficient (Wildman–Crippen LogP) is 5.23. The Morgan fingerprint density at radius 1 is 1.22 bits per heavy atom. The average molecular weight is 566 g/mol. The Kier molecular flexibility index (Phi) is 6.17. The quantitative estimate of drug-likeness (QED) is 0.234. The van der Waals surface area contributed by atoms with Crippen LogP contribution in [0.1, 0.15) is 28.8 Å². The van der Waals surface area contributed by atoms with Crippen LogP contribution < -0.4 is 0 Å². The molecule has 11 heteroatoms. The molecule has 9 nitrogen and oxygen atoms in total. The van der Waals surface area contributed by atoms with E-state index >= 15 is 0 Å². The Morgan fingerprint density at radius 3 is 2.64 bits per heavy atom. The molecule has 36 heavy (non-hydrogen) atoms. The maximum atomic E-state index is 12.7. The largest absolute Gasteiger partial charge is 0.468 e. The van der Waals surface area contributed by atoms with E-state index in [1.807, 2.05) is 40.1 Å². The van der Waals surface area contributed by atoms with Crippen LogP contribution in [0.3, 0.4) is 0 Å². The van der Waals surface area contributed by atoms with Gasteiger partial charge in [0.25, 0.3) is 5.70 Å². The molecule has 0 N–H and O–H groups in total. The normalized spacial score (nSPS) is 20.6. The van der Waals surface area contributed by atoms with Crippen LogP contribution in [-0.2, 0) is 6.54 Å². The number of pyridine rings is 1. The number of aromatic nitrogens is 1. The molecule has 3 aromatic rings. The number of hydrogen-bond donors (Lipinski definition) is 0. The number of fused-ring (bicyclic) bond motifs is 1. The highest BCUT2D eigenvalue weighted by atomic mass is 79.9. The minimum absolute atomic E-state index is 0.192. The van der Waals surface area contributed by atoms with Crippen molar-refractivity contribution in [3.8, 4) is 12.1 Å². The lowest BCUT2D eigenvalue weighted by Gasteiger charge is -2.45. The lowest BCUT2D eigenvalue weighted by atomic mass is 9.65. The lowest BCUT2D eigenvalue weighted by molar-refractivity contribution is -0.438. The van der Waals surface area contributed by atoms with Crippen LogP contribution >= 0.6 is 27.5 Å². The van der Waals surface area contributed by atoms with E-state index < -0.39 is 22.3 Å². The van der Waals surface area contributed by atoms with Crippen molar-refractivity contribution in [2.24, 2.45) is 5.41 Å². The number of nitro groups is 1. The van der Waals surface area contributed by atoms with E-state index in [9.17, 15) is 20.6 Å². The van der Waals surface area contributed by atoms with Gasteiger partial charge < -0.3 is 14.2 Å². The Hall–Kier alpha value is -3.86. The molecule has 2 atom stereocenters. The summed E-state index contributed by atoms with van der Waals surface area (Å²) in [6.07, 6.45) is 3.02. The SMILES string of the molecule is N#CC1(C#N)C(c2ccco2)C([N+](=O)[O-])=C2N(Cc3ccc(Cl)nc3)CCN2C1c1cccc(Br)c1. The van der Waals surface area contributed by atoms with E-state index in [4.69, 9.17) is 16.0 Å². The van der Waals surface area contributed by atoms with Crippen molar-refractivity contribution in [2.75, 3.05) is 13.1 Å². The van der Waals surface area contributed by atoms with Gasteiger partial charge in [0.1, 0.15) is 16.8 Å². The van der Waals surface area contributed by atoms with Crippen molar-refractivity contribution in [1.82, 2.24) is 14.8 Å². The molecular formula is C25H18BrClN6O3. The fourth-order valence-corrected chi connectivity index (χ4v) is 5.73. The first-order valence-electron chi connectivity index (χ1n) is 11.0. The van der Waals surface area contributed by atoms with Gasteiger partial charge in [0, 0.05) is 30.3 Å². The monoisotopic (exact) mass is 564 g/mol. The summed E-state index contributed by atoms with van der Waals surface area (Å²) < 4.78 is 6.40. The first-order valence-corrected chi connectivity index (χ1v) is 12.2. The molecule has 0 radical (unpaired) electrons. The molecule has 1 fully saturated rings. The van der Waals surface area contributed by atoms with Crippen molar-refractivity contribution >= 4 is 27.5 Å². The summed E-state index contributed by atoms with van der Waals surface area (Å²) in [5.41, 5.74) is -0.553. The summed E-state index contributed by atoms with van der Waals surface area (Å²) in [6, 6.07) is 17.6. The van der Waals surface area contributed by atoms with Gasteiger partial charge in [-0.1, -0.05) is 45.7 Å². The van der Waals surface area contributed by atoms with Gasteiger partial charge in [-0.3, -0.25) is 10.1 Å². The lowest BCUT2D eigenvalue weighted by Crippen LogP contribution is -2.49. The highest BCUT2D eigenvalue weighted by molar-refractivity contribution is 9.10. The molecule has 180 valence electrons. The van der Waals surface area contributed by atoms with Crippen molar-refractivity contribution in [2.45, 2.75) is 18.5 Å².